The SMILES string of the molecule is CCCNC(=O)[C@@H](C)N(Cc1ccc(Cl)cc1Cl)C(=O)CN(c1cc(Cl)cc(Cl)c1)S(=O)(=O)c1ccc(C)cc1. The van der Waals surface area contributed by atoms with E-state index < -0.39 is 28.5 Å². The second-order valence-corrected chi connectivity index (χ2v) is 12.8. The number of nitrogens with zero attached hydrogens (tertiary/aromatic N) is 2. The van der Waals surface area contributed by atoms with Crippen molar-refractivity contribution in [2.24, 2.45) is 0 Å². The van der Waals surface area contributed by atoms with E-state index in [1.807, 2.05) is 13.8 Å². The lowest BCUT2D eigenvalue weighted by atomic mass is 10.1. The fourth-order valence-corrected chi connectivity index (χ4v) is 6.24. The zero-order valence-electron chi connectivity index (χ0n) is 22.1. The van der Waals surface area contributed by atoms with E-state index >= 15 is 0 Å². The zero-order chi connectivity index (χ0) is 29.6. The molecule has 0 saturated heterocycles. The summed E-state index contributed by atoms with van der Waals surface area (Å²) in [5.74, 6) is -1.03. The normalized spacial score (nSPS) is 12.1. The van der Waals surface area contributed by atoms with E-state index in [1.54, 1.807) is 31.2 Å². The molecule has 40 heavy (non-hydrogen) atoms. The number of hydrogen-bond acceptors (Lipinski definition) is 4. The van der Waals surface area contributed by atoms with E-state index in [2.05, 4.69) is 5.32 Å². The van der Waals surface area contributed by atoms with Crippen LogP contribution in [0.2, 0.25) is 20.1 Å². The maximum atomic E-state index is 13.9. The monoisotopic (exact) mass is 643 g/mol. The molecule has 3 aromatic carbocycles. The number of sulfonamides is 1. The Morgan fingerprint density at radius 3 is 2.10 bits per heavy atom. The predicted molar refractivity (Wildman–Crippen MR) is 162 cm³/mol. The van der Waals surface area contributed by atoms with Gasteiger partial charge in [0.05, 0.1) is 10.6 Å². The van der Waals surface area contributed by atoms with E-state index in [4.69, 9.17) is 46.4 Å². The van der Waals surface area contributed by atoms with Crippen molar-refractivity contribution < 1.29 is 18.0 Å². The second-order valence-electron chi connectivity index (χ2n) is 9.18. The van der Waals surface area contributed by atoms with Crippen LogP contribution in [-0.4, -0.2) is 44.3 Å². The summed E-state index contributed by atoms with van der Waals surface area (Å²) in [5, 5.41) is 3.88. The van der Waals surface area contributed by atoms with Crippen molar-refractivity contribution in [3.8, 4) is 0 Å². The first-order valence-corrected chi connectivity index (χ1v) is 15.3. The lowest BCUT2D eigenvalue weighted by Crippen LogP contribution is -2.51. The highest BCUT2D eigenvalue weighted by Gasteiger charge is 2.33. The summed E-state index contributed by atoms with van der Waals surface area (Å²) in [7, 11) is -4.26. The third-order valence-electron chi connectivity index (χ3n) is 6.10. The van der Waals surface area contributed by atoms with Gasteiger partial charge in [-0.25, -0.2) is 8.42 Å². The first kappa shape index (κ1) is 32.0. The molecule has 0 heterocycles. The average Bonchev–Trinajstić information content (AvgIpc) is 2.89. The van der Waals surface area contributed by atoms with Crippen molar-refractivity contribution >= 4 is 73.9 Å². The molecule has 3 aromatic rings. The van der Waals surface area contributed by atoms with Crippen molar-refractivity contribution in [1.29, 1.82) is 0 Å². The highest BCUT2D eigenvalue weighted by molar-refractivity contribution is 7.92. The topological polar surface area (TPSA) is 86.8 Å². The molecule has 7 nitrogen and oxygen atoms in total. The number of rotatable bonds is 11. The van der Waals surface area contributed by atoms with Gasteiger partial charge in [-0.05, 0) is 68.3 Å². The number of anilines is 1. The molecule has 0 bridgehead atoms. The largest absolute Gasteiger partial charge is 0.354 e. The molecule has 3 rings (SSSR count). The second kappa shape index (κ2) is 13.9. The standard InChI is InChI=1S/C28H29Cl4N3O4S/c1-4-11-33-28(37)19(3)34(16-20-7-8-21(29)15-26(20)32)27(36)17-35(24-13-22(30)12-23(31)14-24)40(38,39)25-9-5-18(2)6-10-25/h5-10,12-15,19H,4,11,16-17H2,1-3H3,(H,33,37)/t19-/m1/s1. The van der Waals surface area contributed by atoms with Gasteiger partial charge >= 0.3 is 0 Å². The molecule has 0 aliphatic carbocycles. The summed E-state index contributed by atoms with van der Waals surface area (Å²) in [6.45, 7) is 5.03. The number of nitrogens with one attached hydrogen (secondary N) is 1. The molecule has 0 unspecified atom stereocenters. The summed E-state index contributed by atoms with van der Waals surface area (Å²) in [5.41, 5.74) is 1.50. The van der Waals surface area contributed by atoms with Crippen molar-refractivity contribution in [3.05, 3.63) is 91.9 Å². The molecular weight excluding hydrogens is 616 g/mol. The molecule has 0 fully saturated rings. The molecule has 214 valence electrons. The Morgan fingerprint density at radius 2 is 1.52 bits per heavy atom. The summed E-state index contributed by atoms with van der Waals surface area (Å²) in [6, 6.07) is 14.4. The van der Waals surface area contributed by atoms with E-state index in [0.717, 1.165) is 9.87 Å². The lowest BCUT2D eigenvalue weighted by Gasteiger charge is -2.32. The Labute approximate surface area is 255 Å². The van der Waals surface area contributed by atoms with Crippen LogP contribution in [0.25, 0.3) is 0 Å². The van der Waals surface area contributed by atoms with Crippen molar-refractivity contribution in [2.45, 2.75) is 44.7 Å². The van der Waals surface area contributed by atoms with Gasteiger partial charge in [0.15, 0.2) is 0 Å². The first-order chi connectivity index (χ1) is 18.8. The molecule has 0 aromatic heterocycles. The van der Waals surface area contributed by atoms with E-state index in [-0.39, 0.29) is 33.1 Å². The molecule has 0 radical (unpaired) electrons. The number of hydrogen-bond donors (Lipinski definition) is 1. The molecular formula is C28H29Cl4N3O4S. The van der Waals surface area contributed by atoms with Gasteiger partial charge in [-0.1, -0.05) is 77.1 Å². The molecule has 1 atom stereocenters. The van der Waals surface area contributed by atoms with Crippen LogP contribution >= 0.6 is 46.4 Å². The summed E-state index contributed by atoms with van der Waals surface area (Å²) >= 11 is 24.8. The van der Waals surface area contributed by atoms with Crippen molar-refractivity contribution in [1.82, 2.24) is 10.2 Å². The van der Waals surface area contributed by atoms with Crippen molar-refractivity contribution in [3.63, 3.8) is 0 Å². The van der Waals surface area contributed by atoms with E-state index in [1.165, 1.54) is 41.3 Å². The van der Waals surface area contributed by atoms with Gasteiger partial charge in [-0.3, -0.25) is 13.9 Å². The molecule has 0 spiro atoms. The first-order valence-electron chi connectivity index (χ1n) is 12.4. The van der Waals surface area contributed by atoms with Gasteiger partial charge in [0.1, 0.15) is 12.6 Å². The molecule has 0 aliphatic heterocycles. The van der Waals surface area contributed by atoms with Gasteiger partial charge in [0.2, 0.25) is 11.8 Å². The Balaban J connectivity index is 2.07. The molecule has 12 heteroatoms. The number of aryl methyl sites for hydroxylation is 1. The molecule has 2 amide bonds. The van der Waals surface area contributed by atoms with E-state index in [0.29, 0.717) is 28.6 Å². The van der Waals surface area contributed by atoms with Crippen LogP contribution in [-0.2, 0) is 26.2 Å². The Kier molecular flexibility index (Phi) is 11.1. The number of carbonyl (C=O) groups is 2. The Morgan fingerprint density at radius 1 is 0.900 bits per heavy atom. The quantitative estimate of drug-likeness (QED) is 0.250. The minimum Gasteiger partial charge on any atom is -0.354 e. The number of benzene rings is 3. The summed E-state index contributed by atoms with van der Waals surface area (Å²) < 4.78 is 28.7. The molecule has 0 aliphatic rings. The highest BCUT2D eigenvalue weighted by atomic mass is 35.5. The van der Waals surface area contributed by atoms with Crippen LogP contribution < -0.4 is 9.62 Å². The Bertz CT molecular complexity index is 1460. The van der Waals surface area contributed by atoms with E-state index in [9.17, 15) is 18.0 Å². The van der Waals surface area contributed by atoms with Gasteiger partial charge in [-0.15, -0.1) is 0 Å². The fourth-order valence-electron chi connectivity index (χ4n) is 3.86. The van der Waals surface area contributed by atoms with Crippen LogP contribution in [0.4, 0.5) is 5.69 Å². The Hall–Kier alpha value is -2.49. The highest BCUT2D eigenvalue weighted by Crippen LogP contribution is 2.30. The minimum atomic E-state index is -4.26. The smallest absolute Gasteiger partial charge is 0.264 e. The minimum absolute atomic E-state index is 0.0250. The van der Waals surface area contributed by atoms with Crippen LogP contribution in [0.1, 0.15) is 31.4 Å². The third kappa shape index (κ3) is 8.04. The molecule has 1 N–H and O–H groups in total. The van der Waals surface area contributed by atoms with Gasteiger partial charge in [0, 0.05) is 33.2 Å². The van der Waals surface area contributed by atoms with Crippen molar-refractivity contribution in [2.75, 3.05) is 17.4 Å². The lowest BCUT2D eigenvalue weighted by molar-refractivity contribution is -0.139. The van der Waals surface area contributed by atoms with Crippen LogP contribution in [0.15, 0.2) is 65.6 Å². The van der Waals surface area contributed by atoms with Gasteiger partial charge < -0.3 is 10.2 Å². The number of amides is 2. The number of halogens is 4. The van der Waals surface area contributed by atoms with Crippen LogP contribution in [0.5, 0.6) is 0 Å². The van der Waals surface area contributed by atoms with Gasteiger partial charge in [0.25, 0.3) is 10.0 Å². The van der Waals surface area contributed by atoms with Crippen LogP contribution in [0.3, 0.4) is 0 Å². The third-order valence-corrected chi connectivity index (χ3v) is 8.91. The maximum absolute atomic E-state index is 13.9. The van der Waals surface area contributed by atoms with Crippen LogP contribution in [0, 0.1) is 6.92 Å². The summed E-state index contributed by atoms with van der Waals surface area (Å²) in [4.78, 5) is 28.1. The maximum Gasteiger partial charge on any atom is 0.264 e. The fraction of sp³-hybridized carbons (Fsp3) is 0.286. The summed E-state index contributed by atoms with van der Waals surface area (Å²) in [6.07, 6.45) is 0.702. The van der Waals surface area contributed by atoms with Gasteiger partial charge in [-0.2, -0.15) is 0 Å². The predicted octanol–water partition coefficient (Wildman–Crippen LogP) is 6.75. The zero-order valence-corrected chi connectivity index (χ0v) is 26.0. The molecule has 0 saturated carbocycles. The number of carbonyl (C=O) groups excluding carboxylic acids is 2. The average molecular weight is 645 g/mol.